The molecule has 0 fully saturated rings. The van der Waals surface area contributed by atoms with Gasteiger partial charge < -0.3 is 19.7 Å². The van der Waals surface area contributed by atoms with Gasteiger partial charge in [0.1, 0.15) is 17.8 Å². The predicted molar refractivity (Wildman–Crippen MR) is 114 cm³/mol. The van der Waals surface area contributed by atoms with E-state index in [4.69, 9.17) is 9.47 Å². The Morgan fingerprint density at radius 1 is 1.23 bits per heavy atom. The average Bonchev–Trinajstić information content (AvgIpc) is 2.67. The maximum atomic E-state index is 12.4. The summed E-state index contributed by atoms with van der Waals surface area (Å²) in [5.41, 5.74) is 0.444. The van der Waals surface area contributed by atoms with E-state index in [0.717, 1.165) is 11.1 Å². The van der Waals surface area contributed by atoms with Gasteiger partial charge in [-0.1, -0.05) is 49.4 Å². The summed E-state index contributed by atoms with van der Waals surface area (Å²) < 4.78 is 11.0. The molecule has 164 valence electrons. The molecule has 0 bridgehead atoms. The molecule has 1 aliphatic heterocycles. The van der Waals surface area contributed by atoms with Crippen LogP contribution in [0, 0.1) is 5.92 Å². The van der Waals surface area contributed by atoms with Gasteiger partial charge in [-0.05, 0) is 43.9 Å². The zero-order chi connectivity index (χ0) is 22.3. The Balaban J connectivity index is 2.38. The molecule has 0 radical (unpaired) electrons. The first-order chi connectivity index (χ1) is 14.1. The normalized spacial score (nSPS) is 32.3. The topological polar surface area (TPSA) is 93.1 Å². The first-order valence-electron chi connectivity index (χ1n) is 10.3. The minimum atomic E-state index is -1.38. The maximum Gasteiger partial charge on any atom is 0.309 e. The van der Waals surface area contributed by atoms with Crippen molar-refractivity contribution in [2.45, 2.75) is 70.9 Å². The highest BCUT2D eigenvalue weighted by Gasteiger charge is 2.35. The fourth-order valence-corrected chi connectivity index (χ4v) is 3.52. The van der Waals surface area contributed by atoms with E-state index in [2.05, 4.69) is 0 Å². The van der Waals surface area contributed by atoms with Gasteiger partial charge in [0, 0.05) is 12.8 Å². The molecular formula is C24H32O6. The molecule has 2 rings (SSSR count). The zero-order valence-electron chi connectivity index (χ0n) is 18.1. The Morgan fingerprint density at radius 2 is 1.90 bits per heavy atom. The fourth-order valence-electron chi connectivity index (χ4n) is 3.52. The Morgan fingerprint density at radius 3 is 2.53 bits per heavy atom. The van der Waals surface area contributed by atoms with Crippen LogP contribution in [0.2, 0.25) is 0 Å². The highest BCUT2D eigenvalue weighted by molar-refractivity contribution is 5.71. The van der Waals surface area contributed by atoms with Crippen molar-refractivity contribution in [1.82, 2.24) is 0 Å². The second kappa shape index (κ2) is 10.5. The Hall–Kier alpha value is -2.44. The SMILES string of the molecule is CC(=O)O[C@H]1/C=C/[C@H](C)[C@@H](/C(C)=C/c2ccccc2)OC(=O)C[C@H](O)CC[C@@]1(C)O. The number of aliphatic hydroxyl groups is 2. The van der Waals surface area contributed by atoms with E-state index < -0.39 is 35.9 Å². The number of cyclic esters (lactones) is 1. The molecule has 1 heterocycles. The third-order valence-electron chi connectivity index (χ3n) is 5.26. The van der Waals surface area contributed by atoms with Crippen LogP contribution in [0.4, 0.5) is 0 Å². The van der Waals surface area contributed by atoms with Gasteiger partial charge in [-0.15, -0.1) is 0 Å². The van der Waals surface area contributed by atoms with Crippen molar-refractivity contribution in [2.75, 3.05) is 0 Å². The van der Waals surface area contributed by atoms with Crippen LogP contribution >= 0.6 is 0 Å². The van der Waals surface area contributed by atoms with Crippen LogP contribution in [0.25, 0.3) is 6.08 Å². The summed E-state index contributed by atoms with van der Waals surface area (Å²) in [4.78, 5) is 24.0. The van der Waals surface area contributed by atoms with Crippen LogP contribution < -0.4 is 0 Å². The van der Waals surface area contributed by atoms with Crippen LogP contribution in [0.5, 0.6) is 0 Å². The summed E-state index contributed by atoms with van der Waals surface area (Å²) in [6, 6.07) is 9.70. The number of hydrogen-bond donors (Lipinski definition) is 2. The van der Waals surface area contributed by atoms with Crippen LogP contribution in [0.3, 0.4) is 0 Å². The van der Waals surface area contributed by atoms with Crippen molar-refractivity contribution in [3.05, 3.63) is 53.6 Å². The van der Waals surface area contributed by atoms with E-state index >= 15 is 0 Å². The fraction of sp³-hybridized carbons (Fsp3) is 0.500. The molecule has 6 heteroatoms. The average molecular weight is 417 g/mol. The molecule has 30 heavy (non-hydrogen) atoms. The van der Waals surface area contributed by atoms with Gasteiger partial charge in [0.05, 0.1) is 12.5 Å². The minimum absolute atomic E-state index is 0.161. The predicted octanol–water partition coefficient (Wildman–Crippen LogP) is 3.42. The highest BCUT2D eigenvalue weighted by atomic mass is 16.6. The summed E-state index contributed by atoms with van der Waals surface area (Å²) in [6.45, 7) is 6.62. The lowest BCUT2D eigenvalue weighted by molar-refractivity contribution is -0.157. The number of esters is 2. The number of ether oxygens (including phenoxy) is 2. The lowest BCUT2D eigenvalue weighted by Crippen LogP contribution is -2.42. The third-order valence-corrected chi connectivity index (χ3v) is 5.26. The molecule has 6 nitrogen and oxygen atoms in total. The van der Waals surface area contributed by atoms with Crippen molar-refractivity contribution >= 4 is 18.0 Å². The molecule has 1 aromatic carbocycles. The number of aliphatic hydroxyl groups excluding tert-OH is 1. The van der Waals surface area contributed by atoms with E-state index in [1.807, 2.05) is 50.3 Å². The molecule has 1 aromatic rings. The van der Waals surface area contributed by atoms with Crippen molar-refractivity contribution in [1.29, 1.82) is 0 Å². The number of hydrogen-bond acceptors (Lipinski definition) is 6. The van der Waals surface area contributed by atoms with Gasteiger partial charge in [-0.2, -0.15) is 0 Å². The number of rotatable bonds is 3. The number of carbonyl (C=O) groups excluding carboxylic acids is 2. The molecule has 0 aromatic heterocycles. The minimum Gasteiger partial charge on any atom is -0.457 e. The molecular weight excluding hydrogens is 384 g/mol. The summed E-state index contributed by atoms with van der Waals surface area (Å²) in [7, 11) is 0. The molecule has 0 unspecified atom stereocenters. The van der Waals surface area contributed by atoms with Gasteiger partial charge in [0.15, 0.2) is 0 Å². The van der Waals surface area contributed by atoms with E-state index in [9.17, 15) is 19.8 Å². The Labute approximate surface area is 178 Å². The van der Waals surface area contributed by atoms with Gasteiger partial charge in [0.2, 0.25) is 0 Å². The molecule has 0 saturated carbocycles. The lowest BCUT2D eigenvalue weighted by Gasteiger charge is -2.32. The third kappa shape index (κ3) is 7.11. The van der Waals surface area contributed by atoms with Gasteiger partial charge in [-0.3, -0.25) is 9.59 Å². The molecule has 0 aliphatic carbocycles. The quantitative estimate of drug-likeness (QED) is 0.579. The first kappa shape index (κ1) is 23.8. The largest absolute Gasteiger partial charge is 0.457 e. The molecule has 0 spiro atoms. The molecule has 0 saturated heterocycles. The van der Waals surface area contributed by atoms with E-state index in [-0.39, 0.29) is 25.2 Å². The standard InChI is InChI=1S/C24H32O6/c1-16-10-11-21(29-18(3)25)24(4,28)13-12-20(26)15-22(27)30-23(16)17(2)14-19-8-6-5-7-9-19/h5-11,14,16,20-21,23,26,28H,12-13,15H2,1-4H3/b11-10+,17-14+/t16-,20+,21-,23-,24+/m0/s1. The first-order valence-corrected chi connectivity index (χ1v) is 10.3. The van der Waals surface area contributed by atoms with Crippen molar-refractivity contribution < 1.29 is 29.3 Å². The molecule has 1 aliphatic rings. The van der Waals surface area contributed by atoms with E-state index in [1.54, 1.807) is 19.1 Å². The lowest BCUT2D eigenvalue weighted by atomic mass is 9.88. The van der Waals surface area contributed by atoms with Gasteiger partial charge in [-0.25, -0.2) is 0 Å². The van der Waals surface area contributed by atoms with E-state index in [1.165, 1.54) is 6.92 Å². The summed E-state index contributed by atoms with van der Waals surface area (Å²) in [6.07, 6.45) is 3.14. The Bertz CT molecular complexity index is 780. The number of benzene rings is 1. The van der Waals surface area contributed by atoms with Gasteiger partial charge >= 0.3 is 11.9 Å². The van der Waals surface area contributed by atoms with Gasteiger partial charge in [0.25, 0.3) is 0 Å². The smallest absolute Gasteiger partial charge is 0.309 e. The molecule has 5 atom stereocenters. The summed E-state index contributed by atoms with van der Waals surface area (Å²) in [5, 5.41) is 21.1. The van der Waals surface area contributed by atoms with Crippen molar-refractivity contribution in [2.24, 2.45) is 5.92 Å². The monoisotopic (exact) mass is 416 g/mol. The second-order valence-electron chi connectivity index (χ2n) is 8.24. The molecule has 0 amide bonds. The summed E-state index contributed by atoms with van der Waals surface area (Å²) >= 11 is 0. The van der Waals surface area contributed by atoms with Crippen LogP contribution in [-0.4, -0.2) is 46.1 Å². The maximum absolute atomic E-state index is 12.4. The zero-order valence-corrected chi connectivity index (χ0v) is 18.1. The van der Waals surface area contributed by atoms with Crippen LogP contribution in [0.15, 0.2) is 48.1 Å². The van der Waals surface area contributed by atoms with E-state index in [0.29, 0.717) is 0 Å². The highest BCUT2D eigenvalue weighted by Crippen LogP contribution is 2.27. The van der Waals surface area contributed by atoms with Crippen molar-refractivity contribution in [3.8, 4) is 0 Å². The van der Waals surface area contributed by atoms with Crippen molar-refractivity contribution in [3.63, 3.8) is 0 Å². The molecule has 2 N–H and O–H groups in total. The van der Waals surface area contributed by atoms with Crippen LogP contribution in [-0.2, 0) is 19.1 Å². The summed E-state index contributed by atoms with van der Waals surface area (Å²) in [5.74, 6) is -1.25. The number of carbonyl (C=O) groups is 2. The Kier molecular flexibility index (Phi) is 8.38. The second-order valence-corrected chi connectivity index (χ2v) is 8.24. The van der Waals surface area contributed by atoms with Crippen LogP contribution in [0.1, 0.15) is 52.5 Å².